The fourth-order valence-corrected chi connectivity index (χ4v) is 2.92. The van der Waals surface area contributed by atoms with Crippen molar-refractivity contribution in [3.8, 4) is 11.5 Å². The fourth-order valence-electron chi connectivity index (χ4n) is 2.92. The van der Waals surface area contributed by atoms with Crippen molar-refractivity contribution in [1.29, 1.82) is 0 Å². The molecule has 0 bridgehead atoms. The van der Waals surface area contributed by atoms with Gasteiger partial charge in [0.2, 0.25) is 0 Å². The first-order chi connectivity index (χ1) is 14.3. The Bertz CT molecular complexity index is 1100. The third-order valence-electron chi connectivity index (χ3n) is 4.99. The van der Waals surface area contributed by atoms with Gasteiger partial charge in [0, 0.05) is 5.56 Å². The van der Waals surface area contributed by atoms with E-state index in [0.29, 0.717) is 17.1 Å². The molecule has 0 aliphatic carbocycles. The summed E-state index contributed by atoms with van der Waals surface area (Å²) < 4.78 is 12.0. The second-order valence-electron chi connectivity index (χ2n) is 7.25. The van der Waals surface area contributed by atoms with E-state index in [1.807, 2.05) is 41.5 Å². The molecule has 0 saturated carbocycles. The van der Waals surface area contributed by atoms with Crippen LogP contribution in [0.2, 0.25) is 0 Å². The summed E-state index contributed by atoms with van der Waals surface area (Å²) in [5.41, 5.74) is 7.18. The summed E-state index contributed by atoms with van der Waals surface area (Å²) in [5.74, 6) is 0.989. The van der Waals surface area contributed by atoms with Crippen molar-refractivity contribution in [3.05, 3.63) is 69.3 Å². The second kappa shape index (κ2) is 8.98. The van der Waals surface area contributed by atoms with Crippen molar-refractivity contribution in [1.82, 2.24) is 19.9 Å². The molecule has 0 unspecified atom stereocenters. The van der Waals surface area contributed by atoms with Crippen molar-refractivity contribution < 1.29 is 14.3 Å². The lowest BCUT2D eigenvalue weighted by Gasteiger charge is -2.15. The van der Waals surface area contributed by atoms with E-state index >= 15 is 0 Å². The zero-order valence-electron chi connectivity index (χ0n) is 18.2. The van der Waals surface area contributed by atoms with Gasteiger partial charge in [0.15, 0.2) is 11.5 Å². The Morgan fingerprint density at radius 1 is 0.667 bits per heavy atom. The van der Waals surface area contributed by atoms with Crippen LogP contribution in [-0.4, -0.2) is 26.2 Å². The molecule has 0 aliphatic heterocycles. The molecule has 0 atom stereocenters. The summed E-state index contributed by atoms with van der Waals surface area (Å²) in [4.78, 5) is 29.4. The molecule has 3 aromatic rings. The molecule has 3 rings (SSSR count). The first-order valence-electron chi connectivity index (χ1n) is 9.74. The van der Waals surface area contributed by atoms with E-state index in [0.717, 1.165) is 51.8 Å². The van der Waals surface area contributed by atoms with Crippen LogP contribution < -0.4 is 9.47 Å². The van der Waals surface area contributed by atoms with Crippen molar-refractivity contribution >= 4 is 6.29 Å². The Morgan fingerprint density at radius 3 is 1.63 bits per heavy atom. The third kappa shape index (κ3) is 4.79. The molecule has 7 heteroatoms. The van der Waals surface area contributed by atoms with Crippen molar-refractivity contribution in [2.75, 3.05) is 0 Å². The van der Waals surface area contributed by atoms with Crippen LogP contribution in [0.15, 0.2) is 18.2 Å². The van der Waals surface area contributed by atoms with Crippen LogP contribution >= 0.6 is 0 Å². The highest BCUT2D eigenvalue weighted by Crippen LogP contribution is 2.30. The highest BCUT2D eigenvalue weighted by molar-refractivity contribution is 5.76. The van der Waals surface area contributed by atoms with E-state index < -0.39 is 0 Å². The van der Waals surface area contributed by atoms with Crippen LogP contribution in [0, 0.1) is 41.5 Å². The first kappa shape index (κ1) is 21.4. The van der Waals surface area contributed by atoms with Gasteiger partial charge in [-0.25, -0.2) is 0 Å². The molecule has 1 aromatic carbocycles. The zero-order chi connectivity index (χ0) is 21.8. The number of carbonyl (C=O) groups is 1. The lowest BCUT2D eigenvalue weighted by Crippen LogP contribution is -2.09. The zero-order valence-corrected chi connectivity index (χ0v) is 18.2. The van der Waals surface area contributed by atoms with E-state index in [-0.39, 0.29) is 13.2 Å². The van der Waals surface area contributed by atoms with Gasteiger partial charge in [-0.3, -0.25) is 24.7 Å². The monoisotopic (exact) mass is 406 g/mol. The predicted molar refractivity (Wildman–Crippen MR) is 113 cm³/mol. The molecule has 0 aliphatic rings. The smallest absolute Gasteiger partial charge is 0.162 e. The molecular weight excluding hydrogens is 380 g/mol. The van der Waals surface area contributed by atoms with E-state index in [2.05, 4.69) is 19.9 Å². The van der Waals surface area contributed by atoms with Gasteiger partial charge in [0.25, 0.3) is 0 Å². The van der Waals surface area contributed by atoms with Crippen LogP contribution in [-0.2, 0) is 13.2 Å². The van der Waals surface area contributed by atoms with Gasteiger partial charge in [-0.2, -0.15) is 0 Å². The number of rotatable bonds is 7. The molecule has 2 aromatic heterocycles. The van der Waals surface area contributed by atoms with Crippen molar-refractivity contribution in [2.45, 2.75) is 54.8 Å². The maximum atomic E-state index is 11.2. The minimum atomic E-state index is 0.223. The largest absolute Gasteiger partial charge is 0.483 e. The average Bonchev–Trinajstić information content (AvgIpc) is 2.71. The van der Waals surface area contributed by atoms with Gasteiger partial charge in [-0.15, -0.1) is 0 Å². The lowest BCUT2D eigenvalue weighted by atomic mass is 10.2. The number of nitrogens with zero attached hydrogens (tertiary/aromatic N) is 4. The van der Waals surface area contributed by atoms with E-state index in [1.165, 1.54) is 0 Å². The normalized spacial score (nSPS) is 10.7. The topological polar surface area (TPSA) is 87.1 Å². The minimum absolute atomic E-state index is 0.223. The number of carbonyl (C=O) groups excluding carboxylic acids is 1. The Kier molecular flexibility index (Phi) is 6.40. The Labute approximate surface area is 176 Å². The molecule has 0 N–H and O–H groups in total. The maximum absolute atomic E-state index is 11.2. The molecule has 0 spiro atoms. The number of aromatic nitrogens is 4. The van der Waals surface area contributed by atoms with Gasteiger partial charge in [0.05, 0.1) is 45.6 Å². The SMILES string of the molecule is Cc1nc(C)c(COc2ccc(C=O)cc2OCc2nc(C)c(C)nc2C)nc1C. The van der Waals surface area contributed by atoms with E-state index in [4.69, 9.17) is 9.47 Å². The maximum Gasteiger partial charge on any atom is 0.162 e. The van der Waals surface area contributed by atoms with Gasteiger partial charge in [-0.05, 0) is 59.7 Å². The molecule has 156 valence electrons. The molecule has 0 amide bonds. The van der Waals surface area contributed by atoms with Crippen molar-refractivity contribution in [2.24, 2.45) is 0 Å². The van der Waals surface area contributed by atoms with Crippen LogP contribution in [0.5, 0.6) is 11.5 Å². The number of aldehydes is 1. The molecule has 2 heterocycles. The molecule has 0 saturated heterocycles. The number of hydrogen-bond donors (Lipinski definition) is 0. The van der Waals surface area contributed by atoms with E-state index in [1.54, 1.807) is 18.2 Å². The Hall–Kier alpha value is -3.35. The summed E-state index contributed by atoms with van der Waals surface area (Å²) >= 11 is 0. The summed E-state index contributed by atoms with van der Waals surface area (Å²) in [6, 6.07) is 5.07. The quantitative estimate of drug-likeness (QED) is 0.546. The summed E-state index contributed by atoms with van der Waals surface area (Å²) in [6.45, 7) is 12.0. The number of aryl methyl sites for hydroxylation is 6. The highest BCUT2D eigenvalue weighted by Gasteiger charge is 2.13. The Morgan fingerprint density at radius 2 is 1.13 bits per heavy atom. The molecule has 0 fully saturated rings. The van der Waals surface area contributed by atoms with Crippen LogP contribution in [0.4, 0.5) is 0 Å². The summed E-state index contributed by atoms with van der Waals surface area (Å²) in [6.07, 6.45) is 0.774. The Balaban J connectivity index is 1.82. The van der Waals surface area contributed by atoms with Crippen LogP contribution in [0.25, 0.3) is 0 Å². The molecule has 30 heavy (non-hydrogen) atoms. The number of hydrogen-bond acceptors (Lipinski definition) is 7. The molecule has 0 radical (unpaired) electrons. The summed E-state index contributed by atoms with van der Waals surface area (Å²) in [5, 5.41) is 0. The van der Waals surface area contributed by atoms with Crippen molar-refractivity contribution in [3.63, 3.8) is 0 Å². The number of ether oxygens (including phenoxy) is 2. The van der Waals surface area contributed by atoms with Gasteiger partial charge < -0.3 is 9.47 Å². The summed E-state index contributed by atoms with van der Waals surface area (Å²) in [7, 11) is 0. The fraction of sp³-hybridized carbons (Fsp3) is 0.348. The highest BCUT2D eigenvalue weighted by atomic mass is 16.5. The number of benzene rings is 1. The van der Waals surface area contributed by atoms with E-state index in [9.17, 15) is 4.79 Å². The van der Waals surface area contributed by atoms with Gasteiger partial charge in [-0.1, -0.05) is 0 Å². The third-order valence-corrected chi connectivity index (χ3v) is 4.99. The average molecular weight is 406 g/mol. The van der Waals surface area contributed by atoms with Crippen LogP contribution in [0.1, 0.15) is 55.9 Å². The molecule has 7 nitrogen and oxygen atoms in total. The van der Waals surface area contributed by atoms with Gasteiger partial charge >= 0.3 is 0 Å². The van der Waals surface area contributed by atoms with Gasteiger partial charge in [0.1, 0.15) is 19.5 Å². The molecular formula is C23H26N4O3. The second-order valence-corrected chi connectivity index (χ2v) is 7.25. The first-order valence-corrected chi connectivity index (χ1v) is 9.74. The van der Waals surface area contributed by atoms with Crippen LogP contribution in [0.3, 0.4) is 0 Å². The standard InChI is InChI=1S/C23H26N4O3/c1-13-15(3)26-20(17(5)24-13)11-29-22-8-7-19(10-28)9-23(22)30-12-21-18(6)25-14(2)16(4)27-21/h7-10H,11-12H2,1-6H3. The predicted octanol–water partition coefficient (Wildman–Crippen LogP) is 4.09. The minimum Gasteiger partial charge on any atom is -0.483 e. The lowest BCUT2D eigenvalue weighted by molar-refractivity contribution is 0.112.